The van der Waals surface area contributed by atoms with Gasteiger partial charge >= 0.3 is 6.03 Å². The molecule has 1 aliphatic carbocycles. The first kappa shape index (κ1) is 27.4. The lowest BCUT2D eigenvalue weighted by molar-refractivity contribution is 0.0631. The van der Waals surface area contributed by atoms with Gasteiger partial charge in [0.1, 0.15) is 0 Å². The van der Waals surface area contributed by atoms with Crippen LogP contribution in [0.25, 0.3) is 0 Å². The van der Waals surface area contributed by atoms with Crippen LogP contribution in [0.1, 0.15) is 67.9 Å². The van der Waals surface area contributed by atoms with Crippen LogP contribution < -0.4 is 15.6 Å². The molecule has 3 amide bonds. The molecule has 8 nitrogen and oxygen atoms in total. The molecule has 0 radical (unpaired) electrons. The number of anilines is 1. The molecule has 1 aliphatic heterocycles. The number of aryl methyl sites for hydroxylation is 1. The number of hydrazone groups is 1. The van der Waals surface area contributed by atoms with Gasteiger partial charge < -0.3 is 4.90 Å². The number of carbonyl (C=O) groups is 2. The molecule has 2 aromatic rings. The molecule has 38 heavy (non-hydrogen) atoms. The zero-order valence-electron chi connectivity index (χ0n) is 23.3. The highest BCUT2D eigenvalue weighted by Gasteiger charge is 2.52. The zero-order valence-corrected chi connectivity index (χ0v) is 23.3. The Morgan fingerprint density at radius 3 is 2.39 bits per heavy atom. The highest BCUT2D eigenvalue weighted by molar-refractivity contribution is 6.05. The third kappa shape index (κ3) is 5.74. The molecule has 1 spiro atoms. The Morgan fingerprint density at radius 1 is 1.13 bits per heavy atom. The van der Waals surface area contributed by atoms with Gasteiger partial charge in [-0.15, -0.1) is 0 Å². The maximum atomic E-state index is 13.9. The summed E-state index contributed by atoms with van der Waals surface area (Å²) in [5.74, 6) is 0.576. The smallest absolute Gasteiger partial charge is 0.313 e. The number of hydrogen-bond acceptors (Lipinski definition) is 4. The second-order valence-electron chi connectivity index (χ2n) is 11.7. The number of urea groups is 1. The number of benzene rings is 2. The summed E-state index contributed by atoms with van der Waals surface area (Å²) in [5.41, 5.74) is 6.20. The van der Waals surface area contributed by atoms with E-state index in [-0.39, 0.29) is 28.9 Å². The van der Waals surface area contributed by atoms with Crippen molar-refractivity contribution in [3.63, 3.8) is 0 Å². The van der Waals surface area contributed by atoms with Crippen molar-refractivity contribution in [2.45, 2.75) is 65.5 Å². The van der Waals surface area contributed by atoms with Crippen molar-refractivity contribution < 1.29 is 9.59 Å². The number of aliphatic imine (C=N–C) groups is 1. The lowest BCUT2D eigenvalue weighted by atomic mass is 9.67. The second-order valence-corrected chi connectivity index (χ2v) is 11.7. The maximum Gasteiger partial charge on any atom is 0.325 e. The van der Waals surface area contributed by atoms with Gasteiger partial charge in [-0.25, -0.2) is 10.2 Å². The average molecular weight is 517 g/mol. The van der Waals surface area contributed by atoms with Gasteiger partial charge in [0.15, 0.2) is 0 Å². The SMILES string of the molecule is C=NNC(=NC)NC(=O)c1ccc(CN2C(=O)N(c3cccc(C)c3)CC23CCC(C(C)(C)C)CC3)cc1. The van der Waals surface area contributed by atoms with Crippen molar-refractivity contribution >= 4 is 30.3 Å². The molecule has 8 heteroatoms. The highest BCUT2D eigenvalue weighted by atomic mass is 16.2. The minimum atomic E-state index is -0.298. The second kappa shape index (κ2) is 11.0. The Kier molecular flexibility index (Phi) is 7.90. The molecule has 0 aromatic heterocycles. The summed E-state index contributed by atoms with van der Waals surface area (Å²) < 4.78 is 0. The topological polar surface area (TPSA) is 89.4 Å². The van der Waals surface area contributed by atoms with E-state index in [0.29, 0.717) is 24.6 Å². The normalized spacial score (nSPS) is 22.1. The van der Waals surface area contributed by atoms with E-state index in [1.165, 1.54) is 0 Å². The fourth-order valence-electron chi connectivity index (χ4n) is 5.81. The minimum Gasteiger partial charge on any atom is -0.313 e. The Balaban J connectivity index is 1.56. The van der Waals surface area contributed by atoms with E-state index in [1.807, 2.05) is 29.2 Å². The van der Waals surface area contributed by atoms with Crippen molar-refractivity contribution in [3.8, 4) is 0 Å². The molecule has 2 aromatic carbocycles. The lowest BCUT2D eigenvalue weighted by Crippen LogP contribution is -2.50. The van der Waals surface area contributed by atoms with E-state index < -0.39 is 0 Å². The van der Waals surface area contributed by atoms with Crippen LogP contribution in [0.4, 0.5) is 10.5 Å². The molecule has 0 bridgehead atoms. The van der Waals surface area contributed by atoms with Crippen LogP contribution >= 0.6 is 0 Å². The first-order valence-corrected chi connectivity index (χ1v) is 13.3. The quantitative estimate of drug-likeness (QED) is 0.320. The predicted molar refractivity (Wildman–Crippen MR) is 154 cm³/mol. The van der Waals surface area contributed by atoms with Gasteiger partial charge in [0.05, 0.1) is 12.1 Å². The largest absolute Gasteiger partial charge is 0.325 e. The summed E-state index contributed by atoms with van der Waals surface area (Å²) in [7, 11) is 1.55. The van der Waals surface area contributed by atoms with Crippen LogP contribution in [0.3, 0.4) is 0 Å². The van der Waals surface area contributed by atoms with Crippen LogP contribution in [0, 0.1) is 18.3 Å². The number of hydrogen-bond donors (Lipinski definition) is 2. The first-order valence-electron chi connectivity index (χ1n) is 13.3. The Labute approximate surface area is 226 Å². The minimum absolute atomic E-state index is 0.0541. The van der Waals surface area contributed by atoms with Crippen LogP contribution in [-0.2, 0) is 6.54 Å². The lowest BCUT2D eigenvalue weighted by Gasteiger charge is -2.45. The molecule has 2 aliphatic rings. The van der Waals surface area contributed by atoms with E-state index in [4.69, 9.17) is 0 Å². The molecule has 1 heterocycles. The number of amides is 3. The zero-order chi connectivity index (χ0) is 27.5. The highest BCUT2D eigenvalue weighted by Crippen LogP contribution is 2.47. The van der Waals surface area contributed by atoms with Gasteiger partial charge in [-0.1, -0.05) is 45.0 Å². The van der Waals surface area contributed by atoms with E-state index in [2.05, 4.69) is 72.3 Å². The molecule has 2 fully saturated rings. The van der Waals surface area contributed by atoms with Gasteiger partial charge in [0.2, 0.25) is 5.96 Å². The Hall–Kier alpha value is -3.68. The van der Waals surface area contributed by atoms with Crippen molar-refractivity contribution in [2.75, 3.05) is 18.5 Å². The Morgan fingerprint density at radius 2 is 1.82 bits per heavy atom. The van der Waals surface area contributed by atoms with Gasteiger partial charge in [0.25, 0.3) is 5.91 Å². The molecule has 0 unspecified atom stereocenters. The van der Waals surface area contributed by atoms with Crippen molar-refractivity contribution in [1.82, 2.24) is 15.6 Å². The van der Waals surface area contributed by atoms with Crippen LogP contribution in [0.5, 0.6) is 0 Å². The fourth-order valence-corrected chi connectivity index (χ4v) is 5.81. The van der Waals surface area contributed by atoms with Gasteiger partial charge in [-0.05, 0) is 79.3 Å². The molecule has 202 valence electrons. The standard InChI is InChI=1S/C30H40N6O2/c1-21-8-7-9-25(18-21)35-20-30(16-14-24(15-17-30)29(2,3)4)36(28(35)38)19-22-10-12-23(13-11-22)26(37)33-27(31-5)34-32-6/h7-13,18,24H,6,14-17,19-20H2,1-5H3,(H2,31,33,34,37). The molecule has 2 N–H and O–H groups in total. The van der Waals surface area contributed by atoms with Crippen molar-refractivity contribution in [2.24, 2.45) is 21.4 Å². The summed E-state index contributed by atoms with van der Waals surface area (Å²) in [6, 6.07) is 15.7. The molecule has 1 saturated heterocycles. The van der Waals surface area contributed by atoms with E-state index in [9.17, 15) is 9.59 Å². The molecule has 0 atom stereocenters. The van der Waals surface area contributed by atoms with Crippen LogP contribution in [-0.4, -0.2) is 48.6 Å². The van der Waals surface area contributed by atoms with Crippen molar-refractivity contribution in [1.29, 1.82) is 0 Å². The average Bonchev–Trinajstić information content (AvgIpc) is 3.14. The summed E-state index contributed by atoms with van der Waals surface area (Å²) >= 11 is 0. The summed E-state index contributed by atoms with van der Waals surface area (Å²) in [4.78, 5) is 34.5. The molecule has 4 rings (SSSR count). The number of nitrogens with one attached hydrogen (secondary N) is 2. The maximum absolute atomic E-state index is 13.9. The van der Waals surface area contributed by atoms with Crippen LogP contribution in [0.15, 0.2) is 58.6 Å². The first-order chi connectivity index (χ1) is 18.1. The van der Waals surface area contributed by atoms with E-state index in [1.54, 1.807) is 19.2 Å². The number of rotatable bonds is 5. The van der Waals surface area contributed by atoms with Gasteiger partial charge in [-0.2, -0.15) is 5.10 Å². The fraction of sp³-hybridized carbons (Fsp3) is 0.467. The molecular weight excluding hydrogens is 476 g/mol. The van der Waals surface area contributed by atoms with Crippen molar-refractivity contribution in [3.05, 3.63) is 65.2 Å². The molecule has 1 saturated carbocycles. The molecular formula is C30H40N6O2. The number of carbonyl (C=O) groups excluding carboxylic acids is 2. The third-order valence-electron chi connectivity index (χ3n) is 8.14. The number of guanidine groups is 1. The van der Waals surface area contributed by atoms with Crippen LogP contribution in [0.2, 0.25) is 0 Å². The third-order valence-corrected chi connectivity index (χ3v) is 8.14. The predicted octanol–water partition coefficient (Wildman–Crippen LogP) is 5.33. The van der Waals surface area contributed by atoms with E-state index >= 15 is 0 Å². The summed E-state index contributed by atoms with van der Waals surface area (Å²) in [5, 5.41) is 6.21. The summed E-state index contributed by atoms with van der Waals surface area (Å²) in [6.45, 7) is 13.6. The monoisotopic (exact) mass is 516 g/mol. The summed E-state index contributed by atoms with van der Waals surface area (Å²) in [6.07, 6.45) is 4.21. The Bertz CT molecular complexity index is 1210. The van der Waals surface area contributed by atoms with E-state index in [0.717, 1.165) is 42.5 Å². The number of nitrogens with zero attached hydrogens (tertiary/aromatic N) is 4. The van der Waals surface area contributed by atoms with Gasteiger partial charge in [-0.3, -0.25) is 20.0 Å². The van der Waals surface area contributed by atoms with Gasteiger partial charge in [0, 0.05) is 31.6 Å².